The fourth-order valence-corrected chi connectivity index (χ4v) is 5.41. The molecular formula is C32H53N3O4. The Labute approximate surface area is 236 Å². The maximum absolute atomic E-state index is 14.3. The van der Waals surface area contributed by atoms with Crippen molar-refractivity contribution in [1.82, 2.24) is 15.5 Å². The Balaban J connectivity index is 2.51. The zero-order chi connectivity index (χ0) is 29.2. The van der Waals surface area contributed by atoms with E-state index in [1.54, 1.807) is 25.7 Å². The molecule has 2 unspecified atom stereocenters. The highest BCUT2D eigenvalue weighted by atomic mass is 16.6. The van der Waals surface area contributed by atoms with E-state index in [1.165, 1.54) is 6.42 Å². The van der Waals surface area contributed by atoms with Crippen molar-refractivity contribution in [2.24, 2.45) is 5.92 Å². The van der Waals surface area contributed by atoms with Gasteiger partial charge in [-0.3, -0.25) is 9.59 Å². The highest BCUT2D eigenvalue weighted by Gasteiger charge is 2.37. The van der Waals surface area contributed by atoms with E-state index in [4.69, 9.17) is 4.74 Å². The van der Waals surface area contributed by atoms with Crippen LogP contribution in [0.1, 0.15) is 122 Å². The van der Waals surface area contributed by atoms with Crippen molar-refractivity contribution in [3.8, 4) is 0 Å². The normalized spacial score (nSPS) is 15.9. The van der Waals surface area contributed by atoms with Gasteiger partial charge in [-0.15, -0.1) is 0 Å². The zero-order valence-corrected chi connectivity index (χ0v) is 25.7. The first-order chi connectivity index (χ1) is 18.3. The molecule has 7 nitrogen and oxygen atoms in total. The molecule has 2 N–H and O–H groups in total. The van der Waals surface area contributed by atoms with Gasteiger partial charge in [-0.05, 0) is 71.8 Å². The summed E-state index contributed by atoms with van der Waals surface area (Å²) in [5.41, 5.74) is 2.22. The van der Waals surface area contributed by atoms with Crippen molar-refractivity contribution in [3.05, 3.63) is 34.9 Å². The monoisotopic (exact) mass is 543 g/mol. The van der Waals surface area contributed by atoms with Crippen molar-refractivity contribution in [2.45, 2.75) is 137 Å². The van der Waals surface area contributed by atoms with E-state index in [-0.39, 0.29) is 23.8 Å². The van der Waals surface area contributed by atoms with Gasteiger partial charge in [0.05, 0.1) is 0 Å². The van der Waals surface area contributed by atoms with Crippen LogP contribution in [0.15, 0.2) is 18.2 Å². The number of rotatable bonds is 12. The molecule has 0 radical (unpaired) electrons. The summed E-state index contributed by atoms with van der Waals surface area (Å²) < 4.78 is 5.50. The largest absolute Gasteiger partial charge is 0.444 e. The Morgan fingerprint density at radius 2 is 1.62 bits per heavy atom. The van der Waals surface area contributed by atoms with E-state index in [0.29, 0.717) is 13.0 Å². The Kier molecular flexibility index (Phi) is 12.8. The van der Waals surface area contributed by atoms with Crippen LogP contribution < -0.4 is 10.6 Å². The lowest BCUT2D eigenvalue weighted by Crippen LogP contribution is -2.54. The fraction of sp³-hybridized carbons (Fsp3) is 0.719. The predicted molar refractivity (Wildman–Crippen MR) is 158 cm³/mol. The minimum absolute atomic E-state index is 0.124. The molecule has 0 aliphatic heterocycles. The van der Waals surface area contributed by atoms with Gasteiger partial charge >= 0.3 is 6.09 Å². The second-order valence-corrected chi connectivity index (χ2v) is 12.7. The molecule has 39 heavy (non-hydrogen) atoms. The zero-order valence-electron chi connectivity index (χ0n) is 25.7. The molecule has 1 aliphatic rings. The molecule has 7 heteroatoms. The van der Waals surface area contributed by atoms with Crippen LogP contribution in [-0.2, 0) is 14.3 Å². The summed E-state index contributed by atoms with van der Waals surface area (Å²) in [5.74, 6) is -0.229. The van der Waals surface area contributed by atoms with Gasteiger partial charge in [-0.2, -0.15) is 0 Å². The Morgan fingerprint density at radius 1 is 1.00 bits per heavy atom. The number of amides is 3. The van der Waals surface area contributed by atoms with Gasteiger partial charge in [0.2, 0.25) is 11.8 Å². The molecule has 1 fully saturated rings. The average molecular weight is 544 g/mol. The number of hydrogen-bond acceptors (Lipinski definition) is 4. The third-order valence-electron chi connectivity index (χ3n) is 7.05. The summed E-state index contributed by atoms with van der Waals surface area (Å²) in [6, 6.07) is 4.66. The molecule has 0 aromatic heterocycles. The molecule has 0 heterocycles. The molecule has 1 aliphatic carbocycles. The van der Waals surface area contributed by atoms with Crippen LogP contribution in [-0.4, -0.2) is 47.0 Å². The maximum Gasteiger partial charge on any atom is 0.408 e. The minimum Gasteiger partial charge on any atom is -0.444 e. The summed E-state index contributed by atoms with van der Waals surface area (Å²) in [6.45, 7) is 16.0. The van der Waals surface area contributed by atoms with E-state index in [2.05, 4.69) is 23.6 Å². The highest BCUT2D eigenvalue weighted by molar-refractivity contribution is 5.92. The van der Waals surface area contributed by atoms with Crippen molar-refractivity contribution in [3.63, 3.8) is 0 Å². The van der Waals surface area contributed by atoms with Gasteiger partial charge in [0.15, 0.2) is 0 Å². The molecule has 1 saturated carbocycles. The van der Waals surface area contributed by atoms with Crippen LogP contribution >= 0.6 is 0 Å². The number of nitrogens with one attached hydrogen (secondary N) is 2. The summed E-state index contributed by atoms with van der Waals surface area (Å²) in [6.07, 6.45) is 7.89. The highest BCUT2D eigenvalue weighted by Crippen LogP contribution is 2.28. The molecule has 2 atom stereocenters. The smallest absolute Gasteiger partial charge is 0.408 e. The maximum atomic E-state index is 14.3. The Bertz CT molecular complexity index is 927. The van der Waals surface area contributed by atoms with Gasteiger partial charge in [-0.1, -0.05) is 82.2 Å². The molecule has 0 spiro atoms. The summed E-state index contributed by atoms with van der Waals surface area (Å²) in [5, 5.41) is 6.13. The van der Waals surface area contributed by atoms with Gasteiger partial charge in [0, 0.05) is 12.6 Å². The number of carbonyl (C=O) groups excluding carboxylic acids is 3. The first-order valence-corrected chi connectivity index (χ1v) is 15.0. The predicted octanol–water partition coefficient (Wildman–Crippen LogP) is 6.75. The molecule has 1 aromatic carbocycles. The van der Waals surface area contributed by atoms with Crippen LogP contribution in [0.3, 0.4) is 0 Å². The lowest BCUT2D eigenvalue weighted by atomic mass is 9.93. The SMILES string of the molecule is CCCCCN(C(=O)C(CC(C)C)NC(=O)OC(C)(C)C)C(C(=O)NC1CCCCC1)c1cc(C)cc(C)c1. The van der Waals surface area contributed by atoms with Crippen molar-refractivity contribution in [1.29, 1.82) is 0 Å². The van der Waals surface area contributed by atoms with Crippen molar-refractivity contribution >= 4 is 17.9 Å². The number of nitrogens with zero attached hydrogens (tertiary/aromatic N) is 1. The molecule has 0 saturated heterocycles. The van der Waals surface area contributed by atoms with Crippen LogP contribution in [0.5, 0.6) is 0 Å². The standard InChI is InChI=1S/C32H53N3O4/c1-9-10-14-17-35(30(37)27(18-22(2)3)34-31(38)39-32(6,7)8)28(25-20-23(4)19-24(5)21-25)29(36)33-26-15-12-11-13-16-26/h19-22,26-28H,9-18H2,1-8H3,(H,33,36)(H,34,38). The first-order valence-electron chi connectivity index (χ1n) is 15.0. The number of carbonyl (C=O) groups is 3. The van der Waals surface area contributed by atoms with E-state index < -0.39 is 23.8 Å². The van der Waals surface area contributed by atoms with Crippen LogP contribution in [0.2, 0.25) is 0 Å². The number of alkyl carbamates (subject to hydrolysis) is 1. The topological polar surface area (TPSA) is 87.7 Å². The second-order valence-electron chi connectivity index (χ2n) is 12.7. The van der Waals surface area contributed by atoms with Gasteiger partial charge in [0.1, 0.15) is 17.7 Å². The molecule has 220 valence electrons. The first kappa shape index (κ1) is 32.6. The third kappa shape index (κ3) is 11.2. The second kappa shape index (κ2) is 15.3. The molecule has 0 bridgehead atoms. The number of ether oxygens (including phenoxy) is 1. The molecular weight excluding hydrogens is 490 g/mol. The van der Waals surface area contributed by atoms with E-state index >= 15 is 0 Å². The van der Waals surface area contributed by atoms with E-state index in [0.717, 1.165) is 61.6 Å². The molecule has 2 rings (SSSR count). The number of aryl methyl sites for hydroxylation is 2. The Hall–Kier alpha value is -2.57. The summed E-state index contributed by atoms with van der Waals surface area (Å²) in [4.78, 5) is 42.9. The average Bonchev–Trinajstić information content (AvgIpc) is 2.81. The fourth-order valence-electron chi connectivity index (χ4n) is 5.41. The summed E-state index contributed by atoms with van der Waals surface area (Å²) in [7, 11) is 0. The third-order valence-corrected chi connectivity index (χ3v) is 7.05. The van der Waals surface area contributed by atoms with Crippen molar-refractivity contribution < 1.29 is 19.1 Å². The summed E-state index contributed by atoms with van der Waals surface area (Å²) >= 11 is 0. The van der Waals surface area contributed by atoms with Gasteiger partial charge in [-0.25, -0.2) is 4.79 Å². The van der Waals surface area contributed by atoms with Gasteiger partial charge < -0.3 is 20.3 Å². The quantitative estimate of drug-likeness (QED) is 0.285. The van der Waals surface area contributed by atoms with Crippen LogP contribution in [0.4, 0.5) is 4.79 Å². The number of benzene rings is 1. The van der Waals surface area contributed by atoms with Crippen LogP contribution in [0, 0.1) is 19.8 Å². The lowest BCUT2D eigenvalue weighted by molar-refractivity contribution is -0.143. The molecule has 1 aromatic rings. The van der Waals surface area contributed by atoms with Crippen molar-refractivity contribution in [2.75, 3.05) is 6.54 Å². The lowest BCUT2D eigenvalue weighted by Gasteiger charge is -2.36. The van der Waals surface area contributed by atoms with E-state index in [1.807, 2.05) is 39.8 Å². The van der Waals surface area contributed by atoms with Gasteiger partial charge in [0.25, 0.3) is 0 Å². The van der Waals surface area contributed by atoms with E-state index in [9.17, 15) is 14.4 Å². The Morgan fingerprint density at radius 3 is 2.15 bits per heavy atom. The number of hydrogen-bond donors (Lipinski definition) is 2. The minimum atomic E-state index is -0.794. The van der Waals surface area contributed by atoms with Crippen LogP contribution in [0.25, 0.3) is 0 Å². The molecule has 3 amide bonds. The number of unbranched alkanes of at least 4 members (excludes halogenated alkanes) is 2.